The van der Waals surface area contributed by atoms with Gasteiger partial charge in [-0.1, -0.05) is 0 Å². The lowest BCUT2D eigenvalue weighted by Crippen LogP contribution is -2.37. The Morgan fingerprint density at radius 3 is 2.31 bits per heavy atom. The first-order chi connectivity index (χ1) is 7.68. The van der Waals surface area contributed by atoms with Crippen LogP contribution in [0.5, 0.6) is 0 Å². The predicted molar refractivity (Wildman–Crippen MR) is 58.7 cm³/mol. The fraction of sp³-hybridized carbons (Fsp3) is 1.00. The van der Waals surface area contributed by atoms with Crippen molar-refractivity contribution >= 4 is 0 Å². The van der Waals surface area contributed by atoms with E-state index in [1.165, 1.54) is 0 Å². The van der Waals surface area contributed by atoms with Crippen molar-refractivity contribution in [1.29, 1.82) is 0 Å². The molecule has 2 rings (SSSR count). The standard InChI is InChI=1S/C12H21F2NO/c13-12(14,11-3-7-16-8-4-11)9-10-1-5-15-6-2-10/h10-11,15H,1-9H2. The molecule has 0 radical (unpaired) electrons. The first-order valence-corrected chi connectivity index (χ1v) is 6.35. The molecule has 0 aliphatic carbocycles. The zero-order valence-corrected chi connectivity index (χ0v) is 9.68. The Kier molecular flexibility index (Phi) is 4.14. The van der Waals surface area contributed by atoms with Crippen LogP contribution in [0.4, 0.5) is 8.78 Å². The number of nitrogens with one attached hydrogen (secondary N) is 1. The van der Waals surface area contributed by atoms with Crippen molar-refractivity contribution in [3.8, 4) is 0 Å². The Morgan fingerprint density at radius 2 is 1.69 bits per heavy atom. The van der Waals surface area contributed by atoms with Gasteiger partial charge in [-0.15, -0.1) is 0 Å². The van der Waals surface area contributed by atoms with Gasteiger partial charge in [0, 0.05) is 25.6 Å². The zero-order valence-electron chi connectivity index (χ0n) is 9.68. The van der Waals surface area contributed by atoms with E-state index in [1.807, 2.05) is 0 Å². The van der Waals surface area contributed by atoms with Gasteiger partial charge in [-0.05, 0) is 44.7 Å². The fourth-order valence-corrected chi connectivity index (χ4v) is 2.76. The SMILES string of the molecule is FC(F)(CC1CCNCC1)C1CCOCC1. The summed E-state index contributed by atoms with van der Waals surface area (Å²) in [5, 5.41) is 3.22. The zero-order chi connectivity index (χ0) is 11.4. The van der Waals surface area contributed by atoms with Crippen LogP contribution in [-0.4, -0.2) is 32.2 Å². The van der Waals surface area contributed by atoms with Gasteiger partial charge in [0.05, 0.1) is 0 Å². The van der Waals surface area contributed by atoms with Gasteiger partial charge in [0.2, 0.25) is 0 Å². The Labute approximate surface area is 95.7 Å². The van der Waals surface area contributed by atoms with Gasteiger partial charge in [0.15, 0.2) is 0 Å². The van der Waals surface area contributed by atoms with Crippen molar-refractivity contribution < 1.29 is 13.5 Å². The predicted octanol–water partition coefficient (Wildman–Crippen LogP) is 2.44. The second kappa shape index (κ2) is 5.41. The number of hydrogen-bond donors (Lipinski definition) is 1. The summed E-state index contributed by atoms with van der Waals surface area (Å²) >= 11 is 0. The molecule has 2 fully saturated rings. The molecule has 16 heavy (non-hydrogen) atoms. The van der Waals surface area contributed by atoms with E-state index in [-0.39, 0.29) is 12.3 Å². The summed E-state index contributed by atoms with van der Waals surface area (Å²) in [6, 6.07) is 0. The molecule has 0 aromatic rings. The van der Waals surface area contributed by atoms with Gasteiger partial charge in [0.25, 0.3) is 5.92 Å². The minimum Gasteiger partial charge on any atom is -0.381 e. The monoisotopic (exact) mass is 233 g/mol. The van der Waals surface area contributed by atoms with E-state index in [9.17, 15) is 8.78 Å². The molecule has 2 saturated heterocycles. The highest BCUT2D eigenvalue weighted by Crippen LogP contribution is 2.39. The Bertz CT molecular complexity index is 211. The van der Waals surface area contributed by atoms with E-state index in [4.69, 9.17) is 4.74 Å². The van der Waals surface area contributed by atoms with Crippen molar-refractivity contribution in [3.05, 3.63) is 0 Å². The third-order valence-electron chi connectivity index (χ3n) is 3.84. The average molecular weight is 233 g/mol. The summed E-state index contributed by atoms with van der Waals surface area (Å²) in [4.78, 5) is 0. The number of rotatable bonds is 3. The maximum atomic E-state index is 14.0. The van der Waals surface area contributed by atoms with Crippen LogP contribution >= 0.6 is 0 Å². The normalized spacial score (nSPS) is 25.9. The van der Waals surface area contributed by atoms with Gasteiger partial charge >= 0.3 is 0 Å². The number of hydrogen-bond acceptors (Lipinski definition) is 2. The highest BCUT2D eigenvalue weighted by atomic mass is 19.3. The fourth-order valence-electron chi connectivity index (χ4n) is 2.76. The van der Waals surface area contributed by atoms with Crippen molar-refractivity contribution in [2.45, 2.75) is 38.0 Å². The van der Waals surface area contributed by atoms with Crippen LogP contribution < -0.4 is 5.32 Å². The van der Waals surface area contributed by atoms with Crippen molar-refractivity contribution in [3.63, 3.8) is 0 Å². The summed E-state index contributed by atoms with van der Waals surface area (Å²) in [7, 11) is 0. The minimum absolute atomic E-state index is 0.0827. The van der Waals surface area contributed by atoms with Crippen LogP contribution in [0.3, 0.4) is 0 Å². The van der Waals surface area contributed by atoms with Gasteiger partial charge in [-0.25, -0.2) is 8.78 Å². The van der Waals surface area contributed by atoms with Crippen molar-refractivity contribution in [2.75, 3.05) is 26.3 Å². The highest BCUT2D eigenvalue weighted by molar-refractivity contribution is 4.83. The smallest absolute Gasteiger partial charge is 0.251 e. The molecule has 0 spiro atoms. The molecule has 0 saturated carbocycles. The summed E-state index contributed by atoms with van der Waals surface area (Å²) in [6.07, 6.45) is 2.94. The van der Waals surface area contributed by atoms with Crippen LogP contribution in [0.2, 0.25) is 0 Å². The molecule has 94 valence electrons. The molecule has 1 N–H and O–H groups in total. The first-order valence-electron chi connectivity index (χ1n) is 6.35. The minimum atomic E-state index is -2.48. The molecule has 2 aliphatic rings. The Hall–Kier alpha value is -0.220. The van der Waals surface area contributed by atoms with Gasteiger partial charge < -0.3 is 10.1 Å². The molecule has 0 atom stereocenters. The molecule has 2 nitrogen and oxygen atoms in total. The van der Waals surface area contributed by atoms with E-state index >= 15 is 0 Å². The third kappa shape index (κ3) is 3.14. The number of piperidine rings is 1. The molecule has 0 amide bonds. The number of alkyl halides is 2. The largest absolute Gasteiger partial charge is 0.381 e. The summed E-state index contributed by atoms with van der Waals surface area (Å²) in [5.41, 5.74) is 0. The molecule has 4 heteroatoms. The second-order valence-electron chi connectivity index (χ2n) is 5.05. The summed E-state index contributed by atoms with van der Waals surface area (Å²) in [5.74, 6) is -2.72. The second-order valence-corrected chi connectivity index (χ2v) is 5.05. The maximum absolute atomic E-state index is 14.0. The lowest BCUT2D eigenvalue weighted by molar-refractivity contribution is -0.111. The van der Waals surface area contributed by atoms with Gasteiger partial charge in [0.1, 0.15) is 0 Å². The molecular weight excluding hydrogens is 212 g/mol. The average Bonchev–Trinajstić information content (AvgIpc) is 2.31. The summed E-state index contributed by atoms with van der Waals surface area (Å²) in [6.45, 7) is 2.81. The van der Waals surface area contributed by atoms with Gasteiger partial charge in [-0.2, -0.15) is 0 Å². The van der Waals surface area contributed by atoms with Crippen LogP contribution in [-0.2, 0) is 4.74 Å². The molecule has 0 aromatic heterocycles. The highest BCUT2D eigenvalue weighted by Gasteiger charge is 2.41. The van der Waals surface area contributed by atoms with Crippen LogP contribution in [0.25, 0.3) is 0 Å². The Morgan fingerprint density at radius 1 is 1.06 bits per heavy atom. The molecule has 0 bridgehead atoms. The lowest BCUT2D eigenvalue weighted by Gasteiger charge is -2.33. The molecular formula is C12H21F2NO. The van der Waals surface area contributed by atoms with E-state index in [0.717, 1.165) is 25.9 Å². The van der Waals surface area contributed by atoms with Crippen molar-refractivity contribution in [1.82, 2.24) is 5.32 Å². The maximum Gasteiger partial charge on any atom is 0.251 e. The lowest BCUT2D eigenvalue weighted by atomic mass is 9.83. The van der Waals surface area contributed by atoms with E-state index in [0.29, 0.717) is 26.1 Å². The van der Waals surface area contributed by atoms with Crippen LogP contribution in [0.1, 0.15) is 32.1 Å². The topological polar surface area (TPSA) is 21.3 Å². The summed E-state index contributed by atoms with van der Waals surface area (Å²) < 4.78 is 33.2. The van der Waals surface area contributed by atoms with Crippen LogP contribution in [0.15, 0.2) is 0 Å². The van der Waals surface area contributed by atoms with E-state index < -0.39 is 11.8 Å². The molecule has 0 unspecified atom stereocenters. The van der Waals surface area contributed by atoms with E-state index in [1.54, 1.807) is 0 Å². The first kappa shape index (κ1) is 12.2. The molecule has 2 aliphatic heterocycles. The van der Waals surface area contributed by atoms with Crippen molar-refractivity contribution in [2.24, 2.45) is 11.8 Å². The molecule has 2 heterocycles. The van der Waals surface area contributed by atoms with Gasteiger partial charge in [-0.3, -0.25) is 0 Å². The third-order valence-corrected chi connectivity index (χ3v) is 3.84. The molecule has 0 aromatic carbocycles. The van der Waals surface area contributed by atoms with Crippen LogP contribution in [0, 0.1) is 11.8 Å². The van der Waals surface area contributed by atoms with E-state index in [2.05, 4.69) is 5.32 Å². The number of ether oxygens (including phenoxy) is 1. The number of halogens is 2. The Balaban J connectivity index is 1.84. The quantitative estimate of drug-likeness (QED) is 0.808.